The molecular formula is C48H38N2. The summed E-state index contributed by atoms with van der Waals surface area (Å²) in [5, 5.41) is 2.56. The van der Waals surface area contributed by atoms with Crippen LogP contribution in [0.2, 0.25) is 0 Å². The summed E-state index contributed by atoms with van der Waals surface area (Å²) in [4.78, 5) is 2.43. The molecule has 0 radical (unpaired) electrons. The number of para-hydroxylation sites is 2. The lowest BCUT2D eigenvalue weighted by molar-refractivity contribution is 0.864. The molecule has 2 heteroatoms. The van der Waals surface area contributed by atoms with Crippen LogP contribution in [0.1, 0.15) is 36.3 Å². The van der Waals surface area contributed by atoms with E-state index in [1.54, 1.807) is 0 Å². The van der Waals surface area contributed by atoms with Gasteiger partial charge in [0.2, 0.25) is 0 Å². The van der Waals surface area contributed by atoms with Crippen molar-refractivity contribution in [1.29, 1.82) is 0 Å². The van der Waals surface area contributed by atoms with Gasteiger partial charge in [-0.05, 0) is 102 Å². The van der Waals surface area contributed by atoms with Gasteiger partial charge < -0.3 is 9.47 Å². The lowest BCUT2D eigenvalue weighted by Crippen LogP contribution is -2.17. The Morgan fingerprint density at radius 2 is 1.26 bits per heavy atom. The maximum absolute atomic E-state index is 2.43. The normalized spacial score (nSPS) is 15.6. The molecule has 6 aromatic carbocycles. The minimum atomic E-state index is 0.292. The molecule has 0 fully saturated rings. The van der Waals surface area contributed by atoms with Gasteiger partial charge in [0.05, 0.1) is 11.0 Å². The zero-order valence-electron chi connectivity index (χ0n) is 28.0. The number of fused-ring (bicyclic) bond motifs is 3. The molecule has 7 aromatic rings. The Bertz CT molecular complexity index is 2440. The minimum absolute atomic E-state index is 0.292. The monoisotopic (exact) mass is 642 g/mol. The van der Waals surface area contributed by atoms with E-state index in [0.717, 1.165) is 19.3 Å². The van der Waals surface area contributed by atoms with Crippen LogP contribution in [-0.4, -0.2) is 4.57 Å². The van der Waals surface area contributed by atoms with Crippen molar-refractivity contribution in [3.05, 3.63) is 205 Å². The Labute approximate surface area is 294 Å². The van der Waals surface area contributed by atoms with Crippen molar-refractivity contribution in [3.8, 4) is 16.8 Å². The van der Waals surface area contributed by atoms with E-state index in [4.69, 9.17) is 0 Å². The second-order valence-corrected chi connectivity index (χ2v) is 13.3. The molecule has 9 rings (SSSR count). The fraction of sp³-hybridized carbons (Fsp3) is 0.0833. The molecule has 0 amide bonds. The molecule has 1 atom stereocenters. The summed E-state index contributed by atoms with van der Waals surface area (Å²) in [6.45, 7) is 0. The van der Waals surface area contributed by atoms with Gasteiger partial charge in [0.25, 0.3) is 0 Å². The molecule has 0 N–H and O–H groups in total. The Balaban J connectivity index is 1.06. The Hall–Kier alpha value is -6.12. The van der Waals surface area contributed by atoms with Crippen molar-refractivity contribution < 1.29 is 0 Å². The smallest absolute Gasteiger partial charge is 0.0547 e. The van der Waals surface area contributed by atoms with Crippen LogP contribution in [0.25, 0.3) is 44.2 Å². The Kier molecular flexibility index (Phi) is 7.83. The van der Waals surface area contributed by atoms with Crippen molar-refractivity contribution in [2.24, 2.45) is 0 Å². The number of anilines is 2. The minimum Gasteiger partial charge on any atom is -0.314 e. The van der Waals surface area contributed by atoms with E-state index >= 15 is 0 Å². The van der Waals surface area contributed by atoms with Crippen molar-refractivity contribution in [2.75, 3.05) is 4.90 Å². The summed E-state index contributed by atoms with van der Waals surface area (Å²) in [6.07, 6.45) is 16.7. The predicted molar refractivity (Wildman–Crippen MR) is 212 cm³/mol. The highest BCUT2D eigenvalue weighted by atomic mass is 15.1. The third kappa shape index (κ3) is 5.59. The lowest BCUT2D eigenvalue weighted by atomic mass is 9.85. The number of benzene rings is 6. The lowest BCUT2D eigenvalue weighted by Gasteiger charge is -2.30. The van der Waals surface area contributed by atoms with Crippen LogP contribution in [0.3, 0.4) is 0 Å². The van der Waals surface area contributed by atoms with Crippen LogP contribution in [0.15, 0.2) is 194 Å². The topological polar surface area (TPSA) is 8.17 Å². The molecule has 0 saturated heterocycles. The standard InChI is InChI=1S/C48H38N2/c1-4-14-35(15-5-1)36-26-29-43(30-27-36)50-47-25-11-10-24-45(47)46-31-28-40(34-48(46)50)38-17-12-16-37(32-38)39-18-13-23-44(33-39)49(41-19-6-2-7-20-41)42-21-8-3-9-22-42/h1-8,10-21,23-31,33-34,37H,9,22,32H2. The fourth-order valence-corrected chi connectivity index (χ4v) is 7.73. The summed E-state index contributed by atoms with van der Waals surface area (Å²) in [6, 6.07) is 55.3. The van der Waals surface area contributed by atoms with Crippen molar-refractivity contribution in [3.63, 3.8) is 0 Å². The average Bonchev–Trinajstić information content (AvgIpc) is 3.53. The molecule has 2 aliphatic carbocycles. The first kappa shape index (κ1) is 30.0. The molecule has 0 spiro atoms. The number of rotatable bonds is 7. The van der Waals surface area contributed by atoms with Crippen molar-refractivity contribution in [2.45, 2.75) is 25.2 Å². The number of allylic oxidation sites excluding steroid dienone is 8. The summed E-state index contributed by atoms with van der Waals surface area (Å²) in [5.41, 5.74) is 13.8. The molecule has 240 valence electrons. The number of hydrogen-bond donors (Lipinski definition) is 0. The number of aromatic nitrogens is 1. The van der Waals surface area contributed by atoms with E-state index in [2.05, 4.69) is 198 Å². The molecule has 1 aromatic heterocycles. The first-order valence-electron chi connectivity index (χ1n) is 17.7. The average molecular weight is 643 g/mol. The van der Waals surface area contributed by atoms with E-state index in [1.165, 1.54) is 72.4 Å². The van der Waals surface area contributed by atoms with E-state index in [-0.39, 0.29) is 0 Å². The van der Waals surface area contributed by atoms with E-state index in [1.807, 2.05) is 0 Å². The second-order valence-electron chi connectivity index (χ2n) is 13.3. The molecular weight excluding hydrogens is 605 g/mol. The summed E-state index contributed by atoms with van der Waals surface area (Å²) < 4.78 is 2.43. The van der Waals surface area contributed by atoms with Gasteiger partial charge in [-0.15, -0.1) is 0 Å². The summed E-state index contributed by atoms with van der Waals surface area (Å²) in [7, 11) is 0. The molecule has 0 saturated carbocycles. The van der Waals surface area contributed by atoms with E-state index in [0.29, 0.717) is 5.92 Å². The van der Waals surface area contributed by atoms with Gasteiger partial charge in [0, 0.05) is 39.4 Å². The molecule has 1 heterocycles. The molecule has 0 bridgehead atoms. The fourth-order valence-electron chi connectivity index (χ4n) is 7.73. The molecule has 1 unspecified atom stereocenters. The third-order valence-electron chi connectivity index (χ3n) is 10.2. The van der Waals surface area contributed by atoms with Gasteiger partial charge in [0.15, 0.2) is 0 Å². The van der Waals surface area contributed by atoms with E-state index < -0.39 is 0 Å². The SMILES string of the molecule is C1=CCCC(N(c2ccccc2)c2cccc(C3C=CC=C(c4ccc5c6ccccc6n(-c6ccc(-c7ccccc7)cc6)c5c4)C3)c2)=C1. The highest BCUT2D eigenvalue weighted by molar-refractivity contribution is 6.10. The van der Waals surface area contributed by atoms with Gasteiger partial charge >= 0.3 is 0 Å². The van der Waals surface area contributed by atoms with Gasteiger partial charge in [-0.3, -0.25) is 0 Å². The highest BCUT2D eigenvalue weighted by Crippen LogP contribution is 2.40. The van der Waals surface area contributed by atoms with E-state index in [9.17, 15) is 0 Å². The van der Waals surface area contributed by atoms with Gasteiger partial charge in [0.1, 0.15) is 0 Å². The molecule has 2 nitrogen and oxygen atoms in total. The Morgan fingerprint density at radius 3 is 2.08 bits per heavy atom. The molecule has 2 aliphatic rings. The van der Waals surface area contributed by atoms with Crippen molar-refractivity contribution >= 4 is 38.8 Å². The predicted octanol–water partition coefficient (Wildman–Crippen LogP) is 12.9. The van der Waals surface area contributed by atoms with Crippen LogP contribution in [0, 0.1) is 0 Å². The highest BCUT2D eigenvalue weighted by Gasteiger charge is 2.20. The zero-order valence-corrected chi connectivity index (χ0v) is 28.0. The van der Waals surface area contributed by atoms with Crippen LogP contribution in [-0.2, 0) is 0 Å². The largest absolute Gasteiger partial charge is 0.314 e. The quantitative estimate of drug-likeness (QED) is 0.168. The maximum Gasteiger partial charge on any atom is 0.0547 e. The van der Waals surface area contributed by atoms with Crippen LogP contribution >= 0.6 is 0 Å². The molecule has 50 heavy (non-hydrogen) atoms. The van der Waals surface area contributed by atoms with Gasteiger partial charge in [-0.25, -0.2) is 0 Å². The van der Waals surface area contributed by atoms with Gasteiger partial charge in [-0.2, -0.15) is 0 Å². The number of nitrogens with zero attached hydrogens (tertiary/aromatic N) is 2. The zero-order chi connectivity index (χ0) is 33.3. The molecule has 0 aliphatic heterocycles. The maximum atomic E-state index is 2.43. The summed E-state index contributed by atoms with van der Waals surface area (Å²) in [5.74, 6) is 0.292. The third-order valence-corrected chi connectivity index (χ3v) is 10.2. The first-order valence-corrected chi connectivity index (χ1v) is 17.7. The van der Waals surface area contributed by atoms with Crippen LogP contribution in [0.4, 0.5) is 11.4 Å². The Morgan fingerprint density at radius 1 is 0.540 bits per heavy atom. The number of hydrogen-bond acceptors (Lipinski definition) is 1. The van der Waals surface area contributed by atoms with Crippen molar-refractivity contribution in [1.82, 2.24) is 4.57 Å². The van der Waals surface area contributed by atoms with Crippen LogP contribution < -0.4 is 4.90 Å². The second kappa shape index (κ2) is 13.1. The van der Waals surface area contributed by atoms with Gasteiger partial charge in [-0.1, -0.05) is 134 Å². The van der Waals surface area contributed by atoms with Crippen LogP contribution in [0.5, 0.6) is 0 Å². The first-order chi connectivity index (χ1) is 24.8. The summed E-state index contributed by atoms with van der Waals surface area (Å²) >= 11 is 0.